The molecule has 1 N–H and O–H groups in total. The number of piperidine rings is 1. The van der Waals surface area contributed by atoms with E-state index in [2.05, 4.69) is 5.32 Å². The lowest BCUT2D eigenvalue weighted by atomic mass is 9.72. The van der Waals surface area contributed by atoms with E-state index in [1.165, 1.54) is 0 Å². The van der Waals surface area contributed by atoms with E-state index < -0.39 is 5.41 Å². The molecule has 1 aliphatic heterocycles. The van der Waals surface area contributed by atoms with Gasteiger partial charge in [0, 0.05) is 31.1 Å². The molecule has 4 nitrogen and oxygen atoms in total. The smallest absolute Gasteiger partial charge is 0.235 e. The van der Waals surface area contributed by atoms with Crippen LogP contribution >= 0.6 is 0 Å². The van der Waals surface area contributed by atoms with Crippen LogP contribution in [0.25, 0.3) is 10.8 Å². The van der Waals surface area contributed by atoms with Gasteiger partial charge < -0.3 is 10.2 Å². The first-order chi connectivity index (χ1) is 13.6. The van der Waals surface area contributed by atoms with Crippen LogP contribution < -0.4 is 5.32 Å². The molecule has 0 unspecified atom stereocenters. The first-order valence-corrected chi connectivity index (χ1v) is 9.70. The highest BCUT2D eigenvalue weighted by Crippen LogP contribution is 2.37. The normalized spacial score (nSPS) is 16.0. The van der Waals surface area contributed by atoms with Crippen molar-refractivity contribution in [2.45, 2.75) is 25.2 Å². The van der Waals surface area contributed by atoms with E-state index >= 15 is 0 Å². The molecule has 0 aromatic heterocycles. The summed E-state index contributed by atoms with van der Waals surface area (Å²) < 4.78 is 0. The van der Waals surface area contributed by atoms with Crippen LogP contribution in [0.15, 0.2) is 72.8 Å². The summed E-state index contributed by atoms with van der Waals surface area (Å²) in [6, 6.07) is 24.0. The highest BCUT2D eigenvalue weighted by atomic mass is 16.2. The van der Waals surface area contributed by atoms with Crippen LogP contribution in [-0.2, 0) is 15.0 Å². The van der Waals surface area contributed by atoms with Crippen LogP contribution in [0, 0.1) is 0 Å². The minimum absolute atomic E-state index is 0.00162. The van der Waals surface area contributed by atoms with Crippen molar-refractivity contribution in [2.75, 3.05) is 18.4 Å². The average Bonchev–Trinajstić information content (AvgIpc) is 2.74. The number of benzene rings is 3. The number of hydrogen-bond donors (Lipinski definition) is 1. The predicted octanol–water partition coefficient (Wildman–Crippen LogP) is 4.36. The van der Waals surface area contributed by atoms with Crippen molar-refractivity contribution < 1.29 is 9.59 Å². The fourth-order valence-corrected chi connectivity index (χ4v) is 4.18. The zero-order chi connectivity index (χ0) is 19.6. The maximum absolute atomic E-state index is 13.6. The van der Waals surface area contributed by atoms with Crippen LogP contribution in [0.2, 0.25) is 0 Å². The highest BCUT2D eigenvalue weighted by Gasteiger charge is 2.43. The van der Waals surface area contributed by atoms with Crippen molar-refractivity contribution in [1.29, 1.82) is 0 Å². The van der Waals surface area contributed by atoms with Gasteiger partial charge in [-0.25, -0.2) is 0 Å². The summed E-state index contributed by atoms with van der Waals surface area (Å²) >= 11 is 0. The summed E-state index contributed by atoms with van der Waals surface area (Å²) in [5, 5.41) is 5.32. The van der Waals surface area contributed by atoms with E-state index in [0.717, 1.165) is 22.0 Å². The standard InChI is InChI=1S/C24H24N2O2/c1-18(27)26-16-14-24(15-17-26,20-10-3-2-4-11-20)23(28)25-22-13-7-9-19-8-5-6-12-21(19)22/h2-13H,14-17H2,1H3,(H,25,28). The molecule has 0 spiro atoms. The minimum atomic E-state index is -0.635. The third-order valence-electron chi connectivity index (χ3n) is 5.86. The Morgan fingerprint density at radius 3 is 2.21 bits per heavy atom. The van der Waals surface area contributed by atoms with E-state index in [-0.39, 0.29) is 11.8 Å². The molecular formula is C24H24N2O2. The maximum atomic E-state index is 13.6. The molecule has 28 heavy (non-hydrogen) atoms. The molecule has 1 heterocycles. The summed E-state index contributed by atoms with van der Waals surface area (Å²) in [4.78, 5) is 27.2. The summed E-state index contributed by atoms with van der Waals surface area (Å²) in [6.07, 6.45) is 1.24. The Morgan fingerprint density at radius 1 is 0.857 bits per heavy atom. The molecule has 0 aliphatic carbocycles. The Labute approximate surface area is 165 Å². The van der Waals surface area contributed by atoms with Crippen molar-refractivity contribution in [3.63, 3.8) is 0 Å². The summed E-state index contributed by atoms with van der Waals surface area (Å²) in [5.41, 5.74) is 1.20. The van der Waals surface area contributed by atoms with Crippen molar-refractivity contribution in [3.05, 3.63) is 78.4 Å². The molecule has 1 fully saturated rings. The number of carbonyl (C=O) groups excluding carboxylic acids is 2. The molecule has 0 radical (unpaired) electrons. The van der Waals surface area contributed by atoms with Gasteiger partial charge in [-0.05, 0) is 29.9 Å². The molecule has 0 saturated carbocycles. The Kier molecular flexibility index (Phi) is 4.86. The average molecular weight is 372 g/mol. The summed E-state index contributed by atoms with van der Waals surface area (Å²) in [7, 11) is 0. The molecule has 142 valence electrons. The molecule has 1 aliphatic rings. The number of rotatable bonds is 3. The zero-order valence-corrected chi connectivity index (χ0v) is 16.0. The lowest BCUT2D eigenvalue weighted by Crippen LogP contribution is -2.50. The lowest BCUT2D eigenvalue weighted by molar-refractivity contribution is -0.133. The molecule has 1 saturated heterocycles. The van der Waals surface area contributed by atoms with Crippen LogP contribution in [0.3, 0.4) is 0 Å². The number of nitrogens with zero attached hydrogens (tertiary/aromatic N) is 1. The zero-order valence-electron chi connectivity index (χ0n) is 16.0. The van der Waals surface area contributed by atoms with Gasteiger partial charge >= 0.3 is 0 Å². The van der Waals surface area contributed by atoms with Crippen LogP contribution in [0.4, 0.5) is 5.69 Å². The van der Waals surface area contributed by atoms with Crippen molar-refractivity contribution >= 4 is 28.3 Å². The van der Waals surface area contributed by atoms with Gasteiger partial charge in [-0.1, -0.05) is 66.7 Å². The van der Waals surface area contributed by atoms with E-state index in [1.807, 2.05) is 77.7 Å². The largest absolute Gasteiger partial charge is 0.343 e. The predicted molar refractivity (Wildman–Crippen MR) is 112 cm³/mol. The highest BCUT2D eigenvalue weighted by molar-refractivity contribution is 6.06. The van der Waals surface area contributed by atoms with E-state index in [1.54, 1.807) is 6.92 Å². The fraction of sp³-hybridized carbons (Fsp3) is 0.250. The number of fused-ring (bicyclic) bond motifs is 1. The number of hydrogen-bond acceptors (Lipinski definition) is 2. The quantitative estimate of drug-likeness (QED) is 0.743. The SMILES string of the molecule is CC(=O)N1CCC(C(=O)Nc2cccc3ccccc23)(c2ccccc2)CC1. The minimum Gasteiger partial charge on any atom is -0.343 e. The molecule has 3 aromatic rings. The van der Waals surface area contributed by atoms with Gasteiger partial charge in [-0.2, -0.15) is 0 Å². The summed E-state index contributed by atoms with van der Waals surface area (Å²) in [5.74, 6) is 0.0642. The Balaban J connectivity index is 1.69. The van der Waals surface area contributed by atoms with Crippen molar-refractivity contribution in [1.82, 2.24) is 4.90 Å². The second-order valence-corrected chi connectivity index (χ2v) is 7.44. The topological polar surface area (TPSA) is 49.4 Å². The monoisotopic (exact) mass is 372 g/mol. The molecule has 4 rings (SSSR count). The number of likely N-dealkylation sites (tertiary alicyclic amines) is 1. The molecule has 3 aromatic carbocycles. The van der Waals surface area contributed by atoms with Gasteiger partial charge in [0.25, 0.3) is 0 Å². The molecule has 0 atom stereocenters. The van der Waals surface area contributed by atoms with Gasteiger partial charge in [-0.3, -0.25) is 9.59 Å². The third kappa shape index (κ3) is 3.26. The third-order valence-corrected chi connectivity index (χ3v) is 5.86. The maximum Gasteiger partial charge on any atom is 0.235 e. The van der Waals surface area contributed by atoms with Gasteiger partial charge in [0.2, 0.25) is 11.8 Å². The molecule has 4 heteroatoms. The lowest BCUT2D eigenvalue weighted by Gasteiger charge is -2.40. The first-order valence-electron chi connectivity index (χ1n) is 9.70. The number of amides is 2. The Morgan fingerprint density at radius 2 is 1.50 bits per heavy atom. The second-order valence-electron chi connectivity index (χ2n) is 7.44. The van der Waals surface area contributed by atoms with Gasteiger partial charge in [-0.15, -0.1) is 0 Å². The van der Waals surface area contributed by atoms with Crippen LogP contribution in [0.1, 0.15) is 25.3 Å². The molecule has 0 bridgehead atoms. The van der Waals surface area contributed by atoms with Crippen molar-refractivity contribution in [2.24, 2.45) is 0 Å². The van der Waals surface area contributed by atoms with Crippen LogP contribution in [-0.4, -0.2) is 29.8 Å². The van der Waals surface area contributed by atoms with E-state index in [9.17, 15) is 9.59 Å². The molecular weight excluding hydrogens is 348 g/mol. The van der Waals surface area contributed by atoms with Gasteiger partial charge in [0.1, 0.15) is 0 Å². The van der Waals surface area contributed by atoms with Gasteiger partial charge in [0.15, 0.2) is 0 Å². The fourth-order valence-electron chi connectivity index (χ4n) is 4.18. The number of anilines is 1. The Hall–Kier alpha value is -3.14. The first kappa shape index (κ1) is 18.2. The number of nitrogens with one attached hydrogen (secondary N) is 1. The molecule has 2 amide bonds. The van der Waals surface area contributed by atoms with Crippen molar-refractivity contribution in [3.8, 4) is 0 Å². The summed E-state index contributed by atoms with van der Waals surface area (Å²) in [6.45, 7) is 2.77. The van der Waals surface area contributed by atoms with E-state index in [0.29, 0.717) is 25.9 Å². The second kappa shape index (κ2) is 7.47. The number of carbonyl (C=O) groups is 2. The van der Waals surface area contributed by atoms with Crippen LogP contribution in [0.5, 0.6) is 0 Å². The van der Waals surface area contributed by atoms with Gasteiger partial charge in [0.05, 0.1) is 5.41 Å². The van der Waals surface area contributed by atoms with E-state index in [4.69, 9.17) is 0 Å². The Bertz CT molecular complexity index is 1000.